The molecule has 0 aromatic carbocycles. The fourth-order valence-corrected chi connectivity index (χ4v) is 11.1. The van der Waals surface area contributed by atoms with Crippen LogP contribution in [0.5, 0.6) is 0 Å². The predicted molar refractivity (Wildman–Crippen MR) is 332 cm³/mol. The van der Waals surface area contributed by atoms with Gasteiger partial charge in [-0.3, -0.25) is 4.79 Å². The van der Waals surface area contributed by atoms with Crippen LogP contribution in [0.2, 0.25) is 0 Å². The van der Waals surface area contributed by atoms with Crippen LogP contribution in [0.3, 0.4) is 0 Å². The van der Waals surface area contributed by atoms with E-state index in [1.807, 2.05) is 6.08 Å². The van der Waals surface area contributed by atoms with Crippen LogP contribution in [0.4, 0.5) is 0 Å². The standard InChI is InChI=1S/C69H131NO8/c1-3-5-7-9-11-13-15-17-19-21-23-25-27-29-30-31-32-33-35-36-38-40-42-44-46-48-50-52-54-56-58-63(72)62(61-77-69-68(76)67(75)66(74)64(60-71)78-69)70-65(73)59-57-55-53-51-49-47-45-43-41-39-37-34-28-26-24-22-20-18-16-14-12-10-8-6-4-2/h40,42,48,50,56,58,62-64,66-69,71-72,74-76H,3-39,41,43-47,49,51-55,57,59-61H2,1-2H3,(H,70,73)/b42-40+,50-48+,58-56+. The molecule has 7 unspecified atom stereocenters. The minimum absolute atomic E-state index is 0.184. The average molecular weight is 1100 g/mol. The highest BCUT2D eigenvalue weighted by Gasteiger charge is 2.44. The molecule has 1 aliphatic heterocycles. The van der Waals surface area contributed by atoms with Crippen LogP contribution >= 0.6 is 0 Å². The van der Waals surface area contributed by atoms with Crippen LogP contribution in [0.25, 0.3) is 0 Å². The third kappa shape index (κ3) is 47.0. The van der Waals surface area contributed by atoms with E-state index in [1.54, 1.807) is 6.08 Å². The number of unbranched alkanes of at least 4 members (excludes halogenated alkanes) is 46. The molecule has 6 N–H and O–H groups in total. The third-order valence-corrected chi connectivity index (χ3v) is 16.4. The third-order valence-electron chi connectivity index (χ3n) is 16.4. The molecular weight excluding hydrogens is 971 g/mol. The quantitative estimate of drug-likeness (QED) is 0.0261. The number of amides is 1. The van der Waals surface area contributed by atoms with E-state index >= 15 is 0 Å². The number of aliphatic hydroxyl groups is 5. The number of allylic oxidation sites excluding steroid dienone is 5. The van der Waals surface area contributed by atoms with Crippen LogP contribution in [0.15, 0.2) is 36.5 Å². The molecule has 1 rings (SSSR count). The normalized spacial score (nSPS) is 18.8. The number of carbonyl (C=O) groups excluding carboxylic acids is 1. The zero-order valence-electron chi connectivity index (χ0n) is 51.4. The molecular formula is C69H131NO8. The second-order valence-electron chi connectivity index (χ2n) is 24.0. The Morgan fingerprint density at radius 3 is 1.08 bits per heavy atom. The monoisotopic (exact) mass is 1100 g/mol. The summed E-state index contributed by atoms with van der Waals surface area (Å²) in [6.07, 6.45) is 71.1. The van der Waals surface area contributed by atoms with Gasteiger partial charge in [0, 0.05) is 6.42 Å². The van der Waals surface area contributed by atoms with E-state index in [2.05, 4.69) is 43.5 Å². The Morgan fingerprint density at radius 1 is 0.423 bits per heavy atom. The second-order valence-corrected chi connectivity index (χ2v) is 24.0. The number of ether oxygens (including phenoxy) is 2. The van der Waals surface area contributed by atoms with E-state index in [1.165, 1.54) is 276 Å². The predicted octanol–water partition coefficient (Wildman–Crippen LogP) is 18.3. The first-order valence-electron chi connectivity index (χ1n) is 34.2. The van der Waals surface area contributed by atoms with Gasteiger partial charge in [-0.1, -0.05) is 326 Å². The molecule has 1 fully saturated rings. The number of hydrogen-bond donors (Lipinski definition) is 6. The second kappa shape index (κ2) is 58.6. The van der Waals surface area contributed by atoms with E-state index in [0.29, 0.717) is 6.42 Å². The molecule has 0 aromatic rings. The molecule has 0 bridgehead atoms. The molecule has 9 nitrogen and oxygen atoms in total. The van der Waals surface area contributed by atoms with Crippen molar-refractivity contribution >= 4 is 5.91 Å². The van der Waals surface area contributed by atoms with E-state index in [0.717, 1.165) is 44.9 Å². The number of hydrogen-bond acceptors (Lipinski definition) is 8. The Labute approximate surface area is 482 Å². The van der Waals surface area contributed by atoms with Crippen LogP contribution in [-0.2, 0) is 14.3 Å². The summed E-state index contributed by atoms with van der Waals surface area (Å²) < 4.78 is 11.3. The summed E-state index contributed by atoms with van der Waals surface area (Å²) >= 11 is 0. The lowest BCUT2D eigenvalue weighted by Gasteiger charge is -2.40. The Bertz CT molecular complexity index is 1320. The topological polar surface area (TPSA) is 149 Å². The molecule has 1 heterocycles. The molecule has 7 atom stereocenters. The van der Waals surface area contributed by atoms with Gasteiger partial charge in [0.15, 0.2) is 6.29 Å². The van der Waals surface area contributed by atoms with Crippen molar-refractivity contribution < 1.29 is 39.8 Å². The van der Waals surface area contributed by atoms with Crippen LogP contribution in [0.1, 0.15) is 341 Å². The van der Waals surface area contributed by atoms with Crippen molar-refractivity contribution in [1.82, 2.24) is 5.32 Å². The zero-order chi connectivity index (χ0) is 56.5. The van der Waals surface area contributed by atoms with Gasteiger partial charge in [-0.2, -0.15) is 0 Å². The van der Waals surface area contributed by atoms with Crippen LogP contribution in [-0.4, -0.2) is 87.5 Å². The lowest BCUT2D eigenvalue weighted by Crippen LogP contribution is -2.60. The first kappa shape index (κ1) is 74.4. The van der Waals surface area contributed by atoms with Crippen molar-refractivity contribution in [1.29, 1.82) is 0 Å². The summed E-state index contributed by atoms with van der Waals surface area (Å²) in [5, 5.41) is 54.7. The van der Waals surface area contributed by atoms with E-state index in [9.17, 15) is 30.3 Å². The summed E-state index contributed by atoms with van der Waals surface area (Å²) in [5.41, 5.74) is 0. The van der Waals surface area contributed by atoms with Crippen molar-refractivity contribution in [3.63, 3.8) is 0 Å². The maximum atomic E-state index is 13.1. The minimum atomic E-state index is -1.57. The Balaban J connectivity index is 2.17. The molecule has 0 saturated carbocycles. The van der Waals surface area contributed by atoms with Crippen molar-refractivity contribution in [2.75, 3.05) is 13.2 Å². The smallest absolute Gasteiger partial charge is 0.220 e. The largest absolute Gasteiger partial charge is 0.394 e. The highest BCUT2D eigenvalue weighted by molar-refractivity contribution is 5.76. The number of nitrogens with one attached hydrogen (secondary N) is 1. The molecule has 1 aliphatic rings. The Hall–Kier alpha value is -1.59. The summed E-state index contributed by atoms with van der Waals surface area (Å²) in [6.45, 7) is 3.81. The van der Waals surface area contributed by atoms with Gasteiger partial charge in [0.05, 0.1) is 25.4 Å². The molecule has 460 valence electrons. The Kier molecular flexibility index (Phi) is 55.9. The van der Waals surface area contributed by atoms with Gasteiger partial charge >= 0.3 is 0 Å². The molecule has 78 heavy (non-hydrogen) atoms. The van der Waals surface area contributed by atoms with Crippen molar-refractivity contribution in [3.05, 3.63) is 36.5 Å². The molecule has 0 aromatic heterocycles. The minimum Gasteiger partial charge on any atom is -0.394 e. The van der Waals surface area contributed by atoms with Gasteiger partial charge in [-0.05, 0) is 44.9 Å². The van der Waals surface area contributed by atoms with Crippen molar-refractivity contribution in [2.45, 2.75) is 384 Å². The molecule has 0 radical (unpaired) electrons. The lowest BCUT2D eigenvalue weighted by molar-refractivity contribution is -0.302. The number of carbonyl (C=O) groups is 1. The molecule has 0 spiro atoms. The number of rotatable bonds is 60. The maximum absolute atomic E-state index is 13.1. The first-order valence-corrected chi connectivity index (χ1v) is 34.2. The summed E-state index contributed by atoms with van der Waals surface area (Å²) in [6, 6.07) is -0.827. The lowest BCUT2D eigenvalue weighted by atomic mass is 9.99. The van der Waals surface area contributed by atoms with Crippen molar-refractivity contribution in [3.8, 4) is 0 Å². The molecule has 1 saturated heterocycles. The summed E-state index contributed by atoms with van der Waals surface area (Å²) in [4.78, 5) is 13.1. The van der Waals surface area contributed by atoms with Gasteiger partial charge < -0.3 is 40.3 Å². The fourth-order valence-electron chi connectivity index (χ4n) is 11.1. The number of aliphatic hydroxyl groups excluding tert-OH is 5. The highest BCUT2D eigenvalue weighted by Crippen LogP contribution is 2.23. The summed E-state index contributed by atoms with van der Waals surface area (Å²) in [5.74, 6) is -0.184. The van der Waals surface area contributed by atoms with Gasteiger partial charge in [0.25, 0.3) is 0 Å². The van der Waals surface area contributed by atoms with Crippen LogP contribution in [0, 0.1) is 0 Å². The fraction of sp³-hybridized carbons (Fsp3) is 0.899. The van der Waals surface area contributed by atoms with Gasteiger partial charge in [-0.25, -0.2) is 0 Å². The maximum Gasteiger partial charge on any atom is 0.220 e. The van der Waals surface area contributed by atoms with Crippen LogP contribution < -0.4 is 5.32 Å². The van der Waals surface area contributed by atoms with E-state index in [4.69, 9.17) is 9.47 Å². The SMILES string of the molecule is CCCCCCCCCCCCCCCCCCCCCC/C=C/CC/C=C/CC/C=C/C(O)C(COC1OC(CO)C(O)C(O)C1O)NC(=O)CCCCCCCCCCCCCCCCCCCCCCCCCCC. The van der Waals surface area contributed by atoms with E-state index in [-0.39, 0.29) is 12.5 Å². The highest BCUT2D eigenvalue weighted by atomic mass is 16.7. The average Bonchev–Trinajstić information content (AvgIpc) is 3.45. The first-order chi connectivity index (χ1) is 38.3. The van der Waals surface area contributed by atoms with Gasteiger partial charge in [-0.15, -0.1) is 0 Å². The molecule has 1 amide bonds. The Morgan fingerprint density at radius 2 is 0.731 bits per heavy atom. The zero-order valence-corrected chi connectivity index (χ0v) is 51.4. The molecule has 0 aliphatic carbocycles. The van der Waals surface area contributed by atoms with Gasteiger partial charge in [0.1, 0.15) is 24.4 Å². The van der Waals surface area contributed by atoms with Crippen molar-refractivity contribution in [2.24, 2.45) is 0 Å². The van der Waals surface area contributed by atoms with E-state index < -0.39 is 49.5 Å². The molecule has 9 heteroatoms. The van der Waals surface area contributed by atoms with Gasteiger partial charge in [0.2, 0.25) is 5.91 Å². The summed E-state index contributed by atoms with van der Waals surface area (Å²) in [7, 11) is 0.